The molecule has 0 saturated carbocycles. The molecule has 0 aliphatic heterocycles. The fourth-order valence-electron chi connectivity index (χ4n) is 1.18. The minimum Gasteiger partial charge on any atom is -0.494 e. The number of ether oxygens (including phenoxy) is 1. The van der Waals surface area contributed by atoms with Gasteiger partial charge in [-0.3, -0.25) is 10.1 Å². The maximum atomic E-state index is 10.6. The smallest absolute Gasteiger partial charge is 0.288 e. The molecule has 1 rings (SSSR count). The van der Waals surface area contributed by atoms with E-state index in [0.717, 1.165) is 0 Å². The van der Waals surface area contributed by atoms with Crippen LogP contribution in [0.25, 0.3) is 0 Å². The van der Waals surface area contributed by atoms with Crippen molar-refractivity contribution in [2.45, 2.75) is 6.42 Å². The molecule has 0 atom stereocenters. The van der Waals surface area contributed by atoms with E-state index in [2.05, 4.69) is 0 Å². The molecule has 0 saturated heterocycles. The molecule has 0 bridgehead atoms. The third kappa shape index (κ3) is 4.86. The number of nitro benzene ring substituents is 1. The third-order valence-corrected chi connectivity index (χ3v) is 3.12. The van der Waals surface area contributed by atoms with Crippen molar-refractivity contribution >= 4 is 27.3 Å². The SMILES string of the molecule is NS(=O)(=O)CCCOc1ccc([N+](=O)[O-])c(Cl)c1. The van der Waals surface area contributed by atoms with Crippen LogP contribution < -0.4 is 9.88 Å². The fraction of sp³-hybridized carbons (Fsp3) is 0.333. The number of benzene rings is 1. The first kappa shape index (κ1) is 14.7. The average molecular weight is 295 g/mol. The summed E-state index contributed by atoms with van der Waals surface area (Å²) in [5.74, 6) is 0.147. The lowest BCUT2D eigenvalue weighted by atomic mass is 10.3. The molecular weight excluding hydrogens is 284 g/mol. The van der Waals surface area contributed by atoms with E-state index in [4.69, 9.17) is 21.5 Å². The molecule has 18 heavy (non-hydrogen) atoms. The van der Waals surface area contributed by atoms with E-state index in [1.54, 1.807) is 0 Å². The Labute approximate surface area is 109 Å². The fourth-order valence-corrected chi connectivity index (χ4v) is 1.94. The summed E-state index contributed by atoms with van der Waals surface area (Å²) in [6, 6.07) is 3.91. The van der Waals surface area contributed by atoms with Crippen LogP contribution in [0.4, 0.5) is 5.69 Å². The molecule has 2 N–H and O–H groups in total. The number of halogens is 1. The van der Waals surface area contributed by atoms with Gasteiger partial charge in [-0.25, -0.2) is 13.6 Å². The van der Waals surface area contributed by atoms with Crippen LogP contribution >= 0.6 is 11.6 Å². The zero-order chi connectivity index (χ0) is 13.8. The standard InChI is InChI=1S/C9H11ClN2O5S/c10-8-6-7(2-3-9(8)12(13)14)17-4-1-5-18(11,15)16/h2-3,6H,1,4-5H2,(H2,11,15,16). The molecule has 0 aromatic heterocycles. The van der Waals surface area contributed by atoms with Crippen LogP contribution in [0.1, 0.15) is 6.42 Å². The van der Waals surface area contributed by atoms with Crippen LogP contribution in [-0.2, 0) is 10.0 Å². The van der Waals surface area contributed by atoms with Gasteiger partial charge in [-0.1, -0.05) is 11.6 Å². The largest absolute Gasteiger partial charge is 0.494 e. The summed E-state index contributed by atoms with van der Waals surface area (Å²) in [4.78, 5) is 9.90. The monoisotopic (exact) mass is 294 g/mol. The Balaban J connectivity index is 2.54. The van der Waals surface area contributed by atoms with Crippen molar-refractivity contribution in [1.29, 1.82) is 0 Å². The van der Waals surface area contributed by atoms with Crippen molar-refractivity contribution in [3.05, 3.63) is 33.3 Å². The van der Waals surface area contributed by atoms with Crippen LogP contribution in [-0.4, -0.2) is 25.7 Å². The predicted molar refractivity (Wildman–Crippen MR) is 66.2 cm³/mol. The molecule has 0 aliphatic carbocycles. The summed E-state index contributed by atoms with van der Waals surface area (Å²) >= 11 is 5.67. The second kappa shape index (κ2) is 5.98. The Morgan fingerprint density at radius 2 is 2.11 bits per heavy atom. The highest BCUT2D eigenvalue weighted by molar-refractivity contribution is 7.89. The van der Waals surface area contributed by atoms with Gasteiger partial charge in [-0.05, 0) is 12.5 Å². The van der Waals surface area contributed by atoms with Crippen molar-refractivity contribution in [2.24, 2.45) is 5.14 Å². The van der Waals surface area contributed by atoms with Gasteiger partial charge in [0, 0.05) is 12.1 Å². The van der Waals surface area contributed by atoms with Crippen LogP contribution in [0.5, 0.6) is 5.75 Å². The molecular formula is C9H11ClN2O5S. The Kier molecular flexibility index (Phi) is 4.88. The van der Waals surface area contributed by atoms with Crippen molar-refractivity contribution in [2.75, 3.05) is 12.4 Å². The lowest BCUT2D eigenvalue weighted by molar-refractivity contribution is -0.384. The van der Waals surface area contributed by atoms with Crippen LogP contribution in [0.15, 0.2) is 18.2 Å². The molecule has 7 nitrogen and oxygen atoms in total. The van der Waals surface area contributed by atoms with Gasteiger partial charge in [0.2, 0.25) is 10.0 Å². The molecule has 0 fully saturated rings. The number of hydrogen-bond donors (Lipinski definition) is 1. The quantitative estimate of drug-likeness (QED) is 0.483. The van der Waals surface area contributed by atoms with Crippen molar-refractivity contribution < 1.29 is 18.1 Å². The van der Waals surface area contributed by atoms with Gasteiger partial charge in [0.15, 0.2) is 0 Å². The number of nitrogens with zero attached hydrogens (tertiary/aromatic N) is 1. The first-order valence-corrected chi connectivity index (χ1v) is 6.96. The summed E-state index contributed by atoms with van der Waals surface area (Å²) in [6.07, 6.45) is 0.230. The molecule has 0 spiro atoms. The number of sulfonamides is 1. The van der Waals surface area contributed by atoms with Gasteiger partial charge >= 0.3 is 0 Å². The topological polar surface area (TPSA) is 113 Å². The molecule has 0 radical (unpaired) electrons. The lowest BCUT2D eigenvalue weighted by Crippen LogP contribution is -2.18. The Morgan fingerprint density at radius 3 is 2.61 bits per heavy atom. The van der Waals surface area contributed by atoms with E-state index in [0.29, 0.717) is 5.75 Å². The minimum absolute atomic E-state index is 0.0380. The molecule has 1 aromatic rings. The zero-order valence-electron chi connectivity index (χ0n) is 9.21. The van der Waals surface area contributed by atoms with E-state index in [1.807, 2.05) is 0 Å². The number of nitrogens with two attached hydrogens (primary N) is 1. The van der Waals surface area contributed by atoms with Crippen molar-refractivity contribution in [3.8, 4) is 5.75 Å². The van der Waals surface area contributed by atoms with Crippen LogP contribution in [0.3, 0.4) is 0 Å². The molecule has 0 amide bonds. The second-order valence-electron chi connectivity index (χ2n) is 3.44. The third-order valence-electron chi connectivity index (χ3n) is 1.96. The molecule has 9 heteroatoms. The van der Waals surface area contributed by atoms with E-state index in [9.17, 15) is 18.5 Å². The second-order valence-corrected chi connectivity index (χ2v) is 5.58. The normalized spacial score (nSPS) is 11.2. The highest BCUT2D eigenvalue weighted by Crippen LogP contribution is 2.28. The van der Waals surface area contributed by atoms with Crippen LogP contribution in [0.2, 0.25) is 5.02 Å². The summed E-state index contributed by atoms with van der Waals surface area (Å²) in [5, 5.41) is 15.3. The average Bonchev–Trinajstić information content (AvgIpc) is 2.22. The summed E-state index contributed by atoms with van der Waals surface area (Å²) in [7, 11) is -3.50. The first-order valence-electron chi connectivity index (χ1n) is 4.87. The summed E-state index contributed by atoms with van der Waals surface area (Å²) in [6.45, 7) is 0.130. The lowest BCUT2D eigenvalue weighted by Gasteiger charge is -2.05. The van der Waals surface area contributed by atoms with Gasteiger partial charge in [0.05, 0.1) is 17.3 Å². The van der Waals surface area contributed by atoms with Gasteiger partial charge in [-0.2, -0.15) is 0 Å². The zero-order valence-corrected chi connectivity index (χ0v) is 10.8. The van der Waals surface area contributed by atoms with E-state index < -0.39 is 14.9 Å². The highest BCUT2D eigenvalue weighted by atomic mass is 35.5. The summed E-state index contributed by atoms with van der Waals surface area (Å²) in [5.41, 5.74) is -0.214. The molecule has 1 aromatic carbocycles. The van der Waals surface area contributed by atoms with Gasteiger partial charge in [-0.15, -0.1) is 0 Å². The van der Waals surface area contributed by atoms with Gasteiger partial charge < -0.3 is 4.74 Å². The molecule has 0 unspecified atom stereocenters. The predicted octanol–water partition coefficient (Wildman–Crippen LogP) is 1.31. The van der Waals surface area contributed by atoms with Gasteiger partial charge in [0.1, 0.15) is 10.8 Å². The van der Waals surface area contributed by atoms with Crippen molar-refractivity contribution in [1.82, 2.24) is 0 Å². The van der Waals surface area contributed by atoms with E-state index in [-0.39, 0.29) is 29.5 Å². The first-order chi connectivity index (χ1) is 8.29. The Morgan fingerprint density at radius 1 is 1.44 bits per heavy atom. The van der Waals surface area contributed by atoms with E-state index >= 15 is 0 Å². The van der Waals surface area contributed by atoms with Gasteiger partial charge in [0.25, 0.3) is 5.69 Å². The number of primary sulfonamides is 1. The van der Waals surface area contributed by atoms with Crippen LogP contribution in [0, 0.1) is 10.1 Å². The van der Waals surface area contributed by atoms with Crippen molar-refractivity contribution in [3.63, 3.8) is 0 Å². The number of hydrogen-bond acceptors (Lipinski definition) is 5. The maximum absolute atomic E-state index is 10.6. The molecule has 0 heterocycles. The molecule has 100 valence electrons. The number of nitro groups is 1. The minimum atomic E-state index is -3.50. The molecule has 0 aliphatic rings. The highest BCUT2D eigenvalue weighted by Gasteiger charge is 2.12. The Hall–Kier alpha value is -1.38. The number of rotatable bonds is 6. The van der Waals surface area contributed by atoms with E-state index in [1.165, 1.54) is 18.2 Å². The Bertz CT molecular complexity index is 546. The summed E-state index contributed by atoms with van der Waals surface area (Å²) < 4.78 is 26.5. The maximum Gasteiger partial charge on any atom is 0.288 e.